The molecule has 0 amide bonds. The molecular weight excluding hydrogens is 290 g/mol. The number of rotatable bonds is 5. The molecule has 0 saturated carbocycles. The minimum atomic E-state index is 0.498. The lowest BCUT2D eigenvalue weighted by molar-refractivity contribution is 0.369. The van der Waals surface area contributed by atoms with Crippen LogP contribution in [-0.4, -0.2) is 47.1 Å². The molecule has 0 saturated heterocycles. The lowest BCUT2D eigenvalue weighted by Gasteiger charge is -2.21. The summed E-state index contributed by atoms with van der Waals surface area (Å²) < 4.78 is 5.06. The van der Waals surface area contributed by atoms with Gasteiger partial charge in [0, 0.05) is 25.8 Å². The molecule has 23 heavy (non-hydrogen) atoms. The summed E-state index contributed by atoms with van der Waals surface area (Å²) in [6.07, 6.45) is 8.48. The quantitative estimate of drug-likeness (QED) is 0.913. The van der Waals surface area contributed by atoms with E-state index >= 15 is 0 Å². The van der Waals surface area contributed by atoms with Gasteiger partial charge in [0.05, 0.1) is 25.2 Å². The van der Waals surface area contributed by atoms with Crippen LogP contribution in [0.15, 0.2) is 36.8 Å². The smallest absolute Gasteiger partial charge is 0.233 e. The van der Waals surface area contributed by atoms with Crippen molar-refractivity contribution in [3.63, 3.8) is 0 Å². The summed E-state index contributed by atoms with van der Waals surface area (Å²) in [6.45, 7) is 2.73. The predicted molar refractivity (Wildman–Crippen MR) is 90.2 cm³/mol. The van der Waals surface area contributed by atoms with Crippen molar-refractivity contribution in [3.8, 4) is 5.88 Å². The van der Waals surface area contributed by atoms with Crippen LogP contribution in [0.3, 0.4) is 0 Å². The van der Waals surface area contributed by atoms with E-state index in [0.29, 0.717) is 18.2 Å². The summed E-state index contributed by atoms with van der Waals surface area (Å²) >= 11 is 0. The van der Waals surface area contributed by atoms with E-state index in [1.807, 2.05) is 6.20 Å². The van der Waals surface area contributed by atoms with Gasteiger partial charge in [0.25, 0.3) is 0 Å². The number of pyridine rings is 1. The fraction of sp³-hybridized carbons (Fsp3) is 0.353. The van der Waals surface area contributed by atoms with Crippen LogP contribution in [0.25, 0.3) is 5.57 Å². The molecule has 0 radical (unpaired) electrons. The van der Waals surface area contributed by atoms with Gasteiger partial charge < -0.3 is 15.0 Å². The molecule has 3 heterocycles. The van der Waals surface area contributed by atoms with Gasteiger partial charge in [-0.15, -0.1) is 0 Å². The third kappa shape index (κ3) is 4.04. The molecule has 0 atom stereocenters. The van der Waals surface area contributed by atoms with Gasteiger partial charge in [-0.2, -0.15) is 4.98 Å². The van der Waals surface area contributed by atoms with E-state index in [2.05, 4.69) is 50.4 Å². The van der Waals surface area contributed by atoms with E-state index in [9.17, 15) is 0 Å². The minimum absolute atomic E-state index is 0.498. The zero-order valence-electron chi connectivity index (χ0n) is 13.5. The van der Waals surface area contributed by atoms with Crippen molar-refractivity contribution in [2.75, 3.05) is 32.6 Å². The first-order valence-electron chi connectivity index (χ1n) is 7.67. The molecule has 0 aliphatic carbocycles. The Balaban J connectivity index is 1.61. The monoisotopic (exact) mass is 311 g/mol. The average molecular weight is 311 g/mol. The highest BCUT2D eigenvalue weighted by Gasteiger charge is 2.10. The second kappa shape index (κ2) is 7.19. The normalized spacial score (nSPS) is 15.1. The van der Waals surface area contributed by atoms with Gasteiger partial charge in [-0.3, -0.25) is 9.97 Å². The summed E-state index contributed by atoms with van der Waals surface area (Å²) in [4.78, 5) is 15.2. The van der Waals surface area contributed by atoms with Crippen LogP contribution in [0.1, 0.15) is 17.7 Å². The van der Waals surface area contributed by atoms with Crippen LogP contribution in [0.2, 0.25) is 0 Å². The molecule has 0 bridgehead atoms. The van der Waals surface area contributed by atoms with Crippen molar-refractivity contribution in [2.24, 2.45) is 0 Å². The Morgan fingerprint density at radius 1 is 1.26 bits per heavy atom. The first kappa shape index (κ1) is 15.4. The van der Waals surface area contributed by atoms with Crippen molar-refractivity contribution < 1.29 is 4.74 Å². The lowest BCUT2D eigenvalue weighted by Crippen LogP contribution is -2.23. The van der Waals surface area contributed by atoms with Gasteiger partial charge in [-0.05, 0) is 30.7 Å². The van der Waals surface area contributed by atoms with Crippen molar-refractivity contribution in [2.45, 2.75) is 13.0 Å². The summed E-state index contributed by atoms with van der Waals surface area (Å²) in [5.41, 5.74) is 3.51. The molecule has 0 spiro atoms. The molecule has 0 aromatic carbocycles. The predicted octanol–water partition coefficient (Wildman–Crippen LogP) is 2.21. The Bertz CT molecular complexity index is 684. The number of likely N-dealkylation sites (N-methyl/N-ethyl adjacent to an activating group) is 1. The summed E-state index contributed by atoms with van der Waals surface area (Å²) in [5.74, 6) is 1.18. The van der Waals surface area contributed by atoms with E-state index in [1.165, 1.54) is 5.57 Å². The van der Waals surface area contributed by atoms with Gasteiger partial charge in [-0.1, -0.05) is 12.1 Å². The highest BCUT2D eigenvalue weighted by atomic mass is 16.5. The fourth-order valence-corrected chi connectivity index (χ4v) is 2.45. The maximum Gasteiger partial charge on any atom is 0.233 e. The van der Waals surface area contributed by atoms with Crippen molar-refractivity contribution in [1.82, 2.24) is 19.9 Å². The zero-order chi connectivity index (χ0) is 16.1. The summed E-state index contributed by atoms with van der Waals surface area (Å²) in [6, 6.07) is 4.19. The fourth-order valence-electron chi connectivity index (χ4n) is 2.45. The van der Waals surface area contributed by atoms with Crippen LogP contribution in [0.5, 0.6) is 5.88 Å². The first-order chi connectivity index (χ1) is 11.2. The van der Waals surface area contributed by atoms with Gasteiger partial charge >= 0.3 is 0 Å². The largest absolute Gasteiger partial charge is 0.480 e. The number of methoxy groups -OCH3 is 1. The minimum Gasteiger partial charge on any atom is -0.480 e. The highest BCUT2D eigenvalue weighted by molar-refractivity contribution is 5.63. The second-order valence-corrected chi connectivity index (χ2v) is 5.59. The van der Waals surface area contributed by atoms with Crippen molar-refractivity contribution >= 4 is 11.4 Å². The number of nitrogens with one attached hydrogen (secondary N) is 1. The zero-order valence-corrected chi connectivity index (χ0v) is 13.5. The van der Waals surface area contributed by atoms with E-state index in [0.717, 1.165) is 30.8 Å². The second-order valence-electron chi connectivity index (χ2n) is 5.59. The number of nitrogens with zero attached hydrogens (tertiary/aromatic N) is 4. The molecule has 1 aliphatic heterocycles. The maximum absolute atomic E-state index is 5.06. The molecule has 6 nitrogen and oxygen atoms in total. The molecule has 6 heteroatoms. The highest BCUT2D eigenvalue weighted by Crippen LogP contribution is 2.20. The molecule has 1 aliphatic rings. The van der Waals surface area contributed by atoms with Crippen LogP contribution < -0.4 is 10.1 Å². The summed E-state index contributed by atoms with van der Waals surface area (Å²) in [7, 11) is 3.71. The maximum atomic E-state index is 5.06. The Hall–Kier alpha value is -2.47. The molecular formula is C17H21N5O. The molecule has 0 fully saturated rings. The molecule has 0 unspecified atom stereocenters. The van der Waals surface area contributed by atoms with Gasteiger partial charge in [-0.25, -0.2) is 0 Å². The third-order valence-corrected chi connectivity index (χ3v) is 3.86. The number of aromatic nitrogens is 3. The first-order valence-corrected chi connectivity index (χ1v) is 7.67. The van der Waals surface area contributed by atoms with Crippen LogP contribution in [-0.2, 0) is 6.54 Å². The van der Waals surface area contributed by atoms with Crippen LogP contribution in [0, 0.1) is 0 Å². The molecule has 2 aromatic rings. The van der Waals surface area contributed by atoms with E-state index < -0.39 is 0 Å². The van der Waals surface area contributed by atoms with Gasteiger partial charge in [0.15, 0.2) is 0 Å². The standard InChI is InChI=1S/C17H21N5O/c1-22-7-5-14(6-8-22)15-4-3-13(9-19-15)10-20-16-11-18-12-17(21-16)23-2/h3-5,9,11-12H,6-8,10H2,1-2H3,(H,20,21). The molecule has 120 valence electrons. The average Bonchev–Trinajstić information content (AvgIpc) is 2.61. The number of hydrogen-bond acceptors (Lipinski definition) is 6. The molecule has 3 rings (SSSR count). The SMILES string of the molecule is COc1cncc(NCc2ccc(C3=CCN(C)CC3)nc2)n1. The van der Waals surface area contributed by atoms with Crippen LogP contribution >= 0.6 is 0 Å². The Labute approximate surface area is 136 Å². The van der Waals surface area contributed by atoms with E-state index in [1.54, 1.807) is 19.5 Å². The number of hydrogen-bond donors (Lipinski definition) is 1. The molecule has 1 N–H and O–H groups in total. The van der Waals surface area contributed by atoms with Crippen molar-refractivity contribution in [3.05, 3.63) is 48.1 Å². The summed E-state index contributed by atoms with van der Waals surface area (Å²) in [5, 5.41) is 3.23. The van der Waals surface area contributed by atoms with Crippen LogP contribution in [0.4, 0.5) is 5.82 Å². The van der Waals surface area contributed by atoms with Gasteiger partial charge in [0.2, 0.25) is 5.88 Å². The Morgan fingerprint density at radius 3 is 2.87 bits per heavy atom. The molecule has 2 aromatic heterocycles. The third-order valence-electron chi connectivity index (χ3n) is 3.86. The number of anilines is 1. The van der Waals surface area contributed by atoms with Crippen molar-refractivity contribution in [1.29, 1.82) is 0 Å². The van der Waals surface area contributed by atoms with Gasteiger partial charge in [0.1, 0.15) is 5.82 Å². The van der Waals surface area contributed by atoms with E-state index in [4.69, 9.17) is 4.74 Å². The Morgan fingerprint density at radius 2 is 2.17 bits per heavy atom. The lowest BCUT2D eigenvalue weighted by atomic mass is 10.0. The Kier molecular flexibility index (Phi) is 4.83. The topological polar surface area (TPSA) is 63.2 Å². The van der Waals surface area contributed by atoms with E-state index in [-0.39, 0.29) is 0 Å². The number of ether oxygens (including phenoxy) is 1.